The number of rotatable bonds is 9. The minimum absolute atomic E-state index is 0.0577. The summed E-state index contributed by atoms with van der Waals surface area (Å²) in [5.74, 6) is 1.48. The highest BCUT2D eigenvalue weighted by Crippen LogP contribution is 2.26. The number of nitro groups is 1. The van der Waals surface area contributed by atoms with Gasteiger partial charge in [-0.3, -0.25) is 10.1 Å². The van der Waals surface area contributed by atoms with Crippen molar-refractivity contribution in [3.05, 3.63) is 93.5 Å². The van der Waals surface area contributed by atoms with Crippen molar-refractivity contribution in [1.29, 1.82) is 0 Å². The van der Waals surface area contributed by atoms with Crippen LogP contribution in [0.5, 0.6) is 17.2 Å². The first-order chi connectivity index (χ1) is 14.5. The number of hydrogen-bond donors (Lipinski definition) is 2. The lowest BCUT2D eigenvalue weighted by Gasteiger charge is -2.15. The first kappa shape index (κ1) is 21.1. The molecule has 0 spiro atoms. The minimum atomic E-state index is -0.410. The second kappa shape index (κ2) is 9.76. The van der Waals surface area contributed by atoms with E-state index in [1.165, 1.54) is 6.07 Å². The van der Waals surface area contributed by atoms with Gasteiger partial charge in [-0.25, -0.2) is 0 Å². The third-order valence-corrected chi connectivity index (χ3v) is 4.80. The zero-order valence-corrected chi connectivity index (χ0v) is 16.9. The molecule has 7 nitrogen and oxygen atoms in total. The zero-order valence-electron chi connectivity index (χ0n) is 16.9. The van der Waals surface area contributed by atoms with Crippen molar-refractivity contribution in [2.45, 2.75) is 26.1 Å². The number of nitrogens with one attached hydrogen (secondary N) is 1. The van der Waals surface area contributed by atoms with Crippen LogP contribution in [-0.4, -0.2) is 17.1 Å². The molecular formula is C23H24N2O5. The molecule has 1 unspecified atom stereocenters. The molecular weight excluding hydrogens is 384 g/mol. The highest BCUT2D eigenvalue weighted by atomic mass is 16.6. The van der Waals surface area contributed by atoms with Gasteiger partial charge in [-0.15, -0.1) is 0 Å². The molecule has 0 radical (unpaired) electrons. The summed E-state index contributed by atoms with van der Waals surface area (Å²) in [5, 5.41) is 24.5. The Balaban J connectivity index is 1.57. The van der Waals surface area contributed by atoms with E-state index in [9.17, 15) is 15.2 Å². The van der Waals surface area contributed by atoms with Crippen molar-refractivity contribution in [3.8, 4) is 17.2 Å². The van der Waals surface area contributed by atoms with Gasteiger partial charge in [0, 0.05) is 36.3 Å². The first-order valence-electron chi connectivity index (χ1n) is 9.51. The molecule has 30 heavy (non-hydrogen) atoms. The van der Waals surface area contributed by atoms with Gasteiger partial charge in [0.05, 0.1) is 12.0 Å². The molecule has 0 amide bonds. The molecule has 0 heterocycles. The Morgan fingerprint density at radius 2 is 1.80 bits per heavy atom. The predicted molar refractivity (Wildman–Crippen MR) is 114 cm³/mol. The van der Waals surface area contributed by atoms with E-state index in [4.69, 9.17) is 9.47 Å². The van der Waals surface area contributed by atoms with Crippen molar-refractivity contribution in [1.82, 2.24) is 5.32 Å². The average Bonchev–Trinajstić information content (AvgIpc) is 2.77. The molecule has 0 aromatic heterocycles. The fourth-order valence-corrected chi connectivity index (χ4v) is 2.96. The van der Waals surface area contributed by atoms with E-state index in [-0.39, 0.29) is 17.5 Å². The Kier molecular flexibility index (Phi) is 6.87. The SMILES string of the molecule is COc1ccc(COc2ccc(CNC(C)c3cccc([N+](=O)[O-])c3)c(O)c2)cc1. The number of nitrogens with zero attached hydrogens (tertiary/aromatic N) is 1. The monoisotopic (exact) mass is 408 g/mol. The van der Waals surface area contributed by atoms with Gasteiger partial charge in [0.25, 0.3) is 5.69 Å². The predicted octanol–water partition coefficient (Wildman–Crippen LogP) is 4.74. The Bertz CT molecular complexity index is 1000. The van der Waals surface area contributed by atoms with Crippen molar-refractivity contribution in [3.63, 3.8) is 0 Å². The van der Waals surface area contributed by atoms with E-state index in [0.717, 1.165) is 16.9 Å². The molecule has 0 saturated heterocycles. The second-order valence-corrected chi connectivity index (χ2v) is 6.88. The van der Waals surface area contributed by atoms with Gasteiger partial charge < -0.3 is 19.9 Å². The lowest BCUT2D eigenvalue weighted by atomic mass is 10.1. The van der Waals surface area contributed by atoms with Crippen LogP contribution in [0.4, 0.5) is 5.69 Å². The van der Waals surface area contributed by atoms with Crippen LogP contribution < -0.4 is 14.8 Å². The molecule has 0 saturated carbocycles. The number of nitro benzene ring substituents is 1. The first-order valence-corrected chi connectivity index (χ1v) is 9.51. The standard InChI is InChI=1S/C23H24N2O5/c1-16(18-4-3-5-20(12-18)25(27)28)24-14-19-8-11-22(13-23(19)26)30-15-17-6-9-21(29-2)10-7-17/h3-13,16,24,26H,14-15H2,1-2H3. The van der Waals surface area contributed by atoms with Crippen LogP contribution >= 0.6 is 0 Å². The number of aromatic hydroxyl groups is 1. The fraction of sp³-hybridized carbons (Fsp3) is 0.217. The normalized spacial score (nSPS) is 11.7. The Morgan fingerprint density at radius 3 is 2.47 bits per heavy atom. The van der Waals surface area contributed by atoms with Crippen LogP contribution in [0.3, 0.4) is 0 Å². The van der Waals surface area contributed by atoms with Crippen LogP contribution in [0.1, 0.15) is 29.7 Å². The number of non-ortho nitro benzene ring substituents is 1. The summed E-state index contributed by atoms with van der Waals surface area (Å²) in [5.41, 5.74) is 2.57. The number of benzene rings is 3. The van der Waals surface area contributed by atoms with E-state index in [0.29, 0.717) is 24.5 Å². The molecule has 1 atom stereocenters. The summed E-state index contributed by atoms with van der Waals surface area (Å²) in [6.45, 7) is 2.71. The molecule has 2 N–H and O–H groups in total. The number of methoxy groups -OCH3 is 1. The molecule has 0 bridgehead atoms. The molecule has 7 heteroatoms. The summed E-state index contributed by atoms with van der Waals surface area (Å²) in [7, 11) is 1.62. The summed E-state index contributed by atoms with van der Waals surface area (Å²) >= 11 is 0. The Labute approximate surface area is 175 Å². The molecule has 3 aromatic rings. The van der Waals surface area contributed by atoms with Crippen molar-refractivity contribution in [2.75, 3.05) is 7.11 Å². The van der Waals surface area contributed by atoms with Crippen LogP contribution in [0.2, 0.25) is 0 Å². The van der Waals surface area contributed by atoms with Gasteiger partial charge in [0.1, 0.15) is 23.9 Å². The van der Waals surface area contributed by atoms with E-state index < -0.39 is 4.92 Å². The van der Waals surface area contributed by atoms with Gasteiger partial charge >= 0.3 is 0 Å². The fourth-order valence-electron chi connectivity index (χ4n) is 2.96. The summed E-state index contributed by atoms with van der Waals surface area (Å²) in [4.78, 5) is 10.5. The van der Waals surface area contributed by atoms with Crippen molar-refractivity contribution >= 4 is 5.69 Å². The largest absolute Gasteiger partial charge is 0.507 e. The maximum atomic E-state index is 10.9. The summed E-state index contributed by atoms with van der Waals surface area (Å²) in [6.07, 6.45) is 0. The van der Waals surface area contributed by atoms with Gasteiger partial charge in [-0.05, 0) is 36.2 Å². The maximum absolute atomic E-state index is 10.9. The van der Waals surface area contributed by atoms with Crippen molar-refractivity contribution < 1.29 is 19.5 Å². The minimum Gasteiger partial charge on any atom is -0.507 e. The molecule has 156 valence electrons. The topological polar surface area (TPSA) is 93.9 Å². The summed E-state index contributed by atoms with van der Waals surface area (Å²) < 4.78 is 10.9. The lowest BCUT2D eigenvalue weighted by Crippen LogP contribution is -2.18. The van der Waals surface area contributed by atoms with E-state index in [1.54, 1.807) is 37.4 Å². The molecule has 0 fully saturated rings. The zero-order chi connectivity index (χ0) is 21.5. The van der Waals surface area contributed by atoms with Crippen LogP contribution in [0, 0.1) is 10.1 Å². The van der Waals surface area contributed by atoms with E-state index >= 15 is 0 Å². The van der Waals surface area contributed by atoms with Crippen LogP contribution in [0.15, 0.2) is 66.7 Å². The smallest absolute Gasteiger partial charge is 0.269 e. The Hall–Kier alpha value is -3.58. The van der Waals surface area contributed by atoms with E-state index in [1.807, 2.05) is 37.3 Å². The van der Waals surface area contributed by atoms with Crippen LogP contribution in [-0.2, 0) is 13.2 Å². The highest BCUT2D eigenvalue weighted by molar-refractivity contribution is 5.40. The van der Waals surface area contributed by atoms with Gasteiger partial charge in [-0.1, -0.05) is 30.3 Å². The number of phenolic OH excluding ortho intramolecular Hbond substituents is 1. The third-order valence-electron chi connectivity index (χ3n) is 4.80. The van der Waals surface area contributed by atoms with Gasteiger partial charge in [0.15, 0.2) is 0 Å². The summed E-state index contributed by atoms with van der Waals surface area (Å²) in [6, 6.07) is 19.2. The molecule has 0 aliphatic carbocycles. The molecule has 0 aliphatic heterocycles. The van der Waals surface area contributed by atoms with Crippen LogP contribution in [0.25, 0.3) is 0 Å². The molecule has 3 rings (SSSR count). The Morgan fingerprint density at radius 1 is 1.07 bits per heavy atom. The maximum Gasteiger partial charge on any atom is 0.269 e. The number of phenols is 1. The number of ether oxygens (including phenoxy) is 2. The average molecular weight is 408 g/mol. The quantitative estimate of drug-likeness (QED) is 0.392. The molecule has 0 aliphatic rings. The van der Waals surface area contributed by atoms with Crippen molar-refractivity contribution in [2.24, 2.45) is 0 Å². The highest BCUT2D eigenvalue weighted by Gasteiger charge is 2.12. The van der Waals surface area contributed by atoms with Gasteiger partial charge in [0.2, 0.25) is 0 Å². The van der Waals surface area contributed by atoms with E-state index in [2.05, 4.69) is 5.32 Å². The van der Waals surface area contributed by atoms with Gasteiger partial charge in [-0.2, -0.15) is 0 Å². The second-order valence-electron chi connectivity index (χ2n) is 6.88. The number of hydrogen-bond acceptors (Lipinski definition) is 6. The third kappa shape index (κ3) is 5.48. The lowest BCUT2D eigenvalue weighted by molar-refractivity contribution is -0.384. The molecule has 3 aromatic carbocycles.